The fourth-order valence-electron chi connectivity index (χ4n) is 11.4. The van der Waals surface area contributed by atoms with E-state index in [1.807, 2.05) is 36.4 Å². The van der Waals surface area contributed by atoms with E-state index >= 15 is 0 Å². The summed E-state index contributed by atoms with van der Waals surface area (Å²) < 4.78 is 42.8. The average Bonchev–Trinajstić information content (AvgIpc) is 0.928. The van der Waals surface area contributed by atoms with Crippen molar-refractivity contribution in [1.29, 1.82) is 0 Å². The van der Waals surface area contributed by atoms with Gasteiger partial charge in [-0.25, -0.2) is 38.4 Å². The van der Waals surface area contributed by atoms with Crippen molar-refractivity contribution in [3.8, 4) is 46.6 Å². The molecule has 0 saturated carbocycles. The van der Waals surface area contributed by atoms with Crippen molar-refractivity contribution < 1.29 is 76.3 Å². The Hall–Kier alpha value is -6.41. The number of carbonyl (C=O) groups excluding carboxylic acids is 8. The lowest BCUT2D eigenvalue weighted by molar-refractivity contribution is -0.138. The highest BCUT2D eigenvalue weighted by Gasteiger charge is 2.44. The van der Waals surface area contributed by atoms with Gasteiger partial charge in [-0.15, -0.1) is 11.1 Å². The van der Waals surface area contributed by atoms with Crippen LogP contribution in [-0.4, -0.2) is 121 Å². The highest BCUT2D eigenvalue weighted by atomic mass is 32.2. The van der Waals surface area contributed by atoms with Gasteiger partial charge in [-0.05, 0) is 116 Å². The van der Waals surface area contributed by atoms with Gasteiger partial charge in [-0.2, -0.15) is 0 Å². The summed E-state index contributed by atoms with van der Waals surface area (Å²) in [6, 6.07) is 7.41. The lowest BCUT2D eigenvalue weighted by Crippen LogP contribution is -2.43. The summed E-state index contributed by atoms with van der Waals surface area (Å²) in [4.78, 5) is 106. The van der Waals surface area contributed by atoms with Crippen LogP contribution in [0.15, 0.2) is 80.5 Å². The number of hydrogen-bond donors (Lipinski definition) is 0. The predicted octanol–water partition coefficient (Wildman–Crippen LogP) is 15.6. The van der Waals surface area contributed by atoms with Gasteiger partial charge in [-0.3, -0.25) is 0 Å². The molecular formula is C70H74O16S8Si2. The molecule has 4 heterocycles. The van der Waals surface area contributed by atoms with E-state index in [9.17, 15) is 38.4 Å². The second-order valence-corrected chi connectivity index (χ2v) is 43.7. The number of carbonyl (C=O) groups is 8. The van der Waals surface area contributed by atoms with E-state index < -0.39 is 63.9 Å². The molecule has 6 rings (SSSR count). The largest absolute Gasteiger partial charge is 0.465 e. The number of esters is 8. The van der Waals surface area contributed by atoms with Gasteiger partial charge in [0.25, 0.3) is 0 Å². The second kappa shape index (κ2) is 34.9. The Morgan fingerprint density at radius 1 is 0.292 bits per heavy atom. The van der Waals surface area contributed by atoms with Crippen LogP contribution in [0.3, 0.4) is 0 Å². The van der Waals surface area contributed by atoms with Crippen LogP contribution in [0.25, 0.3) is 24.3 Å². The molecule has 0 saturated heterocycles. The third-order valence-electron chi connectivity index (χ3n) is 16.0. The summed E-state index contributed by atoms with van der Waals surface area (Å²) in [6.07, 6.45) is 7.22. The molecule has 506 valence electrons. The molecule has 2 aromatic rings. The molecule has 0 bridgehead atoms. The van der Waals surface area contributed by atoms with E-state index in [1.165, 1.54) is 56.9 Å². The maximum atomic E-state index is 13.2. The average molecular weight is 1480 g/mol. The Bertz CT molecular complexity index is 3690. The van der Waals surface area contributed by atoms with Crippen LogP contribution in [0, 0.1) is 46.6 Å². The summed E-state index contributed by atoms with van der Waals surface area (Å²) in [6.45, 7) is 26.5. The second-order valence-electron chi connectivity index (χ2n) is 23.1. The molecule has 16 nitrogen and oxygen atoms in total. The minimum atomic E-state index is -2.42. The minimum Gasteiger partial charge on any atom is -0.465 e. The van der Waals surface area contributed by atoms with Gasteiger partial charge in [0, 0.05) is 22.3 Å². The van der Waals surface area contributed by atoms with Crippen LogP contribution in [0.4, 0.5) is 0 Å². The summed E-state index contributed by atoms with van der Waals surface area (Å²) in [7, 11) is 4.95. The molecule has 26 heteroatoms. The first-order chi connectivity index (χ1) is 45.4. The zero-order valence-corrected chi connectivity index (χ0v) is 65.4. The first-order valence-corrected chi connectivity index (χ1v) is 40.8. The van der Waals surface area contributed by atoms with Gasteiger partial charge < -0.3 is 37.9 Å². The van der Waals surface area contributed by atoms with Crippen LogP contribution in [0.5, 0.6) is 0 Å². The van der Waals surface area contributed by atoms with Gasteiger partial charge in [0.15, 0.2) is 0 Å². The van der Waals surface area contributed by atoms with E-state index in [2.05, 4.69) is 130 Å². The monoisotopic (exact) mass is 1480 g/mol. The van der Waals surface area contributed by atoms with Crippen LogP contribution in [0.2, 0.25) is 33.2 Å². The van der Waals surface area contributed by atoms with Crippen molar-refractivity contribution in [3.05, 3.63) is 125 Å². The van der Waals surface area contributed by atoms with Crippen molar-refractivity contribution in [1.82, 2.24) is 0 Å². The van der Waals surface area contributed by atoms with E-state index in [4.69, 9.17) is 37.9 Å². The first kappa shape index (κ1) is 78.6. The molecule has 0 aliphatic carbocycles. The molecule has 0 radical (unpaired) electrons. The fourth-order valence-corrected chi connectivity index (χ4v) is 31.3. The fraction of sp³-hybridized carbons (Fsp3) is 0.371. The molecule has 4 aliphatic heterocycles. The van der Waals surface area contributed by atoms with E-state index in [1.54, 1.807) is 12.2 Å². The summed E-state index contributed by atoms with van der Waals surface area (Å²) >= 11 is 8.33. The minimum absolute atomic E-state index is 0.0361. The molecule has 96 heavy (non-hydrogen) atoms. The van der Waals surface area contributed by atoms with E-state index in [-0.39, 0.29) is 72.5 Å². The molecule has 0 unspecified atom stereocenters. The van der Waals surface area contributed by atoms with Gasteiger partial charge >= 0.3 is 47.8 Å². The number of ether oxygens (including phenoxy) is 8. The lowest BCUT2D eigenvalue weighted by atomic mass is 9.98. The Labute approximate surface area is 598 Å². The van der Waals surface area contributed by atoms with Crippen LogP contribution in [0.1, 0.15) is 128 Å². The van der Waals surface area contributed by atoms with E-state index in [0.717, 1.165) is 94.1 Å². The van der Waals surface area contributed by atoms with Gasteiger partial charge in [-0.1, -0.05) is 201 Å². The normalized spacial score (nSPS) is 14.6. The highest BCUT2D eigenvalue weighted by molar-refractivity contribution is 8.31. The quantitative estimate of drug-likeness (QED) is 0.0588. The third kappa shape index (κ3) is 17.7. The van der Waals surface area contributed by atoms with E-state index in [0.29, 0.717) is 61.5 Å². The smallest absolute Gasteiger partial charge is 0.346 e. The van der Waals surface area contributed by atoms with Crippen LogP contribution >= 0.6 is 94.1 Å². The van der Waals surface area contributed by atoms with Crippen molar-refractivity contribution in [3.63, 3.8) is 0 Å². The molecule has 0 amide bonds. The maximum Gasteiger partial charge on any atom is 0.346 e. The molecule has 0 aromatic heterocycles. The van der Waals surface area contributed by atoms with Crippen molar-refractivity contribution in [2.75, 3.05) is 56.9 Å². The SMILES string of the molecule is COC(=O)C1=C(C(=O)OC)SC(=Cc2cc(C#C[Si](C(C)C)(C(C)C)C(C)C)c(C=C3SC(C(=O)OC)=C(C(=O)OC)S3)cc2C#CC#Cc2cc(C=C3SC(C(=O)OC)=C(C(=O)OC)S3)c(C#C[Si](C(C)C)(C(C)C)C(C)C)cc2C=C2SC(C(=O)OC)=C(C(=O)OC)S2)S1. The van der Waals surface area contributed by atoms with Crippen molar-refractivity contribution >= 4 is 182 Å². The predicted molar refractivity (Wildman–Crippen MR) is 399 cm³/mol. The highest BCUT2D eigenvalue weighted by Crippen LogP contribution is 2.55. The van der Waals surface area contributed by atoms with Crippen molar-refractivity contribution in [2.24, 2.45) is 0 Å². The summed E-state index contributed by atoms with van der Waals surface area (Å²) in [5.74, 6) is 14.2. The van der Waals surface area contributed by atoms with Crippen LogP contribution in [-0.2, 0) is 76.3 Å². The molecule has 2 aromatic carbocycles. The summed E-state index contributed by atoms with van der Waals surface area (Å²) in [5, 5.41) is 0. The standard InChI is InChI=1S/C70H74O16S8Si2/c1-37(2)95(38(3)4,39(5)6)27-25-45-31-47(33-51-87-55(63(71)79-13)56(88-51)64(72)80-14)43(29-49(45)35-53-91-59(67(75)83-17)60(92-53)68(76)84-18)23-21-22-24-44-30-50(36-54-93-61(69(77)85-19)62(94-54)70(78)86-20)46(26-28-96(40(7)8,41(9)10)42(11)12)32-48(44)34-52-89-57(65(73)81-15)58(90-52)66(74)82-16/h29-42H,1-20H3. The number of methoxy groups -OCH3 is 8. The van der Waals surface area contributed by atoms with Crippen LogP contribution < -0.4 is 0 Å². The number of rotatable bonds is 18. The molecule has 4 aliphatic rings. The third-order valence-corrected chi connectivity index (χ3v) is 38.2. The topological polar surface area (TPSA) is 210 Å². The number of hydrogen-bond acceptors (Lipinski definition) is 24. The Morgan fingerprint density at radius 2 is 0.448 bits per heavy atom. The first-order valence-electron chi connectivity index (χ1n) is 29.8. The Kier molecular flexibility index (Phi) is 28.6. The molecule has 0 atom stereocenters. The maximum absolute atomic E-state index is 13.2. The molecule has 0 N–H and O–H groups in total. The lowest BCUT2D eigenvalue weighted by Gasteiger charge is -2.38. The zero-order valence-electron chi connectivity index (χ0n) is 56.9. The number of thioether (sulfide) groups is 8. The summed E-state index contributed by atoms with van der Waals surface area (Å²) in [5.41, 5.74) is 13.4. The Balaban J connectivity index is 1.74. The van der Waals surface area contributed by atoms with Gasteiger partial charge in [0.2, 0.25) is 0 Å². The van der Waals surface area contributed by atoms with Gasteiger partial charge in [0.05, 0.1) is 73.8 Å². The number of benzene rings is 2. The molecular weight excluding hydrogens is 1410 g/mol. The Morgan fingerprint density at radius 3 is 0.594 bits per heavy atom. The molecule has 0 spiro atoms. The van der Waals surface area contributed by atoms with Gasteiger partial charge in [0.1, 0.15) is 55.4 Å². The van der Waals surface area contributed by atoms with Crippen molar-refractivity contribution in [2.45, 2.75) is 116 Å². The zero-order chi connectivity index (χ0) is 71.3. The molecule has 0 fully saturated rings.